The number of imidazole rings is 2. The molecule has 80 heavy (non-hydrogen) atoms. The molecular weight excluding hydrogens is 1270 g/mol. The van der Waals surface area contributed by atoms with Crippen LogP contribution in [0.15, 0.2) is 158 Å². The SMILES string of the molecule is C.CS(=O)(=O)c1ccc(Cc2cc(C(F)(F)F)ccn2)c(Br)c1.CS(=O)(=O)c1ccc(F)c(Br)c1.Cc1cn(C)cn1.Cn1cnc(-c2cc(S(C)(=O)=O)ccc2Cc2cc(C(F)(F)F)ccn2)c1.Nc1cc(C(F)(F)F)ccn1. The minimum Gasteiger partial charge on any atom is -0.384 e. The van der Waals surface area contributed by atoms with Gasteiger partial charge < -0.3 is 14.9 Å². The van der Waals surface area contributed by atoms with E-state index in [-0.39, 0.29) is 56.6 Å². The Morgan fingerprint density at radius 1 is 0.512 bits per heavy atom. The van der Waals surface area contributed by atoms with E-state index in [0.717, 1.165) is 85.5 Å². The fraction of sp³-hybridized carbons (Fsp3) is 0.235. The smallest absolute Gasteiger partial charge is 0.384 e. The van der Waals surface area contributed by atoms with Crippen molar-refractivity contribution in [2.24, 2.45) is 14.1 Å². The minimum absolute atomic E-state index is 0. The number of nitrogens with zero attached hydrogens (tertiary/aromatic N) is 7. The summed E-state index contributed by atoms with van der Waals surface area (Å²) in [5.74, 6) is -0.595. The van der Waals surface area contributed by atoms with Crippen molar-refractivity contribution in [2.75, 3.05) is 24.5 Å². The number of aromatic nitrogens is 7. The minimum atomic E-state index is -4.46. The average Bonchev–Trinajstić information content (AvgIpc) is 3.95. The summed E-state index contributed by atoms with van der Waals surface area (Å²) in [7, 11) is -6.29. The number of hydrogen-bond acceptors (Lipinski definition) is 12. The number of rotatable bonds is 8. The molecule has 0 aliphatic heterocycles. The summed E-state index contributed by atoms with van der Waals surface area (Å²) < 4.78 is 198. The number of alkyl halides is 9. The van der Waals surface area contributed by atoms with E-state index in [4.69, 9.17) is 5.73 Å². The summed E-state index contributed by atoms with van der Waals surface area (Å²) in [4.78, 5) is 19.9. The van der Waals surface area contributed by atoms with Gasteiger partial charge in [-0.05, 0) is 113 Å². The van der Waals surface area contributed by atoms with Gasteiger partial charge >= 0.3 is 18.5 Å². The summed E-state index contributed by atoms with van der Waals surface area (Å²) in [6, 6.07) is 18.0. The highest BCUT2D eigenvalue weighted by Crippen LogP contribution is 2.33. The second-order valence-corrected chi connectivity index (χ2v) is 24.7. The number of aryl methyl sites for hydroxylation is 3. The molecule has 0 radical (unpaired) electrons. The van der Waals surface area contributed by atoms with Gasteiger partial charge in [-0.1, -0.05) is 35.5 Å². The van der Waals surface area contributed by atoms with Crippen molar-refractivity contribution in [3.05, 3.63) is 194 Å². The molecule has 29 heteroatoms. The van der Waals surface area contributed by atoms with Gasteiger partial charge in [0.2, 0.25) is 0 Å². The highest BCUT2D eigenvalue weighted by atomic mass is 79.9. The van der Waals surface area contributed by atoms with Crippen molar-refractivity contribution in [3.8, 4) is 11.3 Å². The largest absolute Gasteiger partial charge is 0.416 e. The Morgan fingerprint density at radius 2 is 0.912 bits per heavy atom. The summed E-state index contributed by atoms with van der Waals surface area (Å²) in [6.45, 7) is 1.97. The summed E-state index contributed by atoms with van der Waals surface area (Å²) in [5.41, 5.74) is 6.64. The first-order valence-corrected chi connectivity index (χ1v) is 29.3. The fourth-order valence-corrected chi connectivity index (χ4v) is 9.54. The molecule has 0 aliphatic carbocycles. The lowest BCUT2D eigenvalue weighted by atomic mass is 10.00. The van der Waals surface area contributed by atoms with E-state index < -0.39 is 70.5 Å². The lowest BCUT2D eigenvalue weighted by Gasteiger charge is -2.11. The molecule has 5 heterocycles. The third-order valence-corrected chi connectivity index (χ3v) is 14.9. The summed E-state index contributed by atoms with van der Waals surface area (Å²) in [5, 5.41) is 0. The molecule has 0 fully saturated rings. The number of halogens is 12. The van der Waals surface area contributed by atoms with Crippen molar-refractivity contribution in [1.29, 1.82) is 0 Å². The third-order valence-electron chi connectivity index (χ3n) is 10.2. The molecule has 8 aromatic rings. The number of nitrogen functional groups attached to an aromatic ring is 1. The second-order valence-electron chi connectivity index (χ2n) is 17.0. The maximum absolute atomic E-state index is 12.9. The fourth-order valence-electron chi connectivity index (χ4n) is 6.40. The van der Waals surface area contributed by atoms with Crippen LogP contribution in [0.4, 0.5) is 49.7 Å². The molecule has 5 aromatic heterocycles. The van der Waals surface area contributed by atoms with Crippen LogP contribution in [-0.2, 0) is 75.0 Å². The van der Waals surface area contributed by atoms with E-state index >= 15 is 0 Å². The molecule has 0 aliphatic rings. The van der Waals surface area contributed by atoms with Crippen molar-refractivity contribution in [2.45, 2.75) is 60.4 Å². The zero-order valence-corrected chi connectivity index (χ0v) is 47.7. The molecule has 0 amide bonds. The molecule has 0 saturated heterocycles. The van der Waals surface area contributed by atoms with E-state index in [1.54, 1.807) is 42.6 Å². The Labute approximate surface area is 472 Å². The van der Waals surface area contributed by atoms with E-state index in [0.29, 0.717) is 26.9 Å². The molecule has 432 valence electrons. The number of nitrogens with two attached hydrogens (primary N) is 1. The first kappa shape index (κ1) is 67.7. The first-order chi connectivity index (χ1) is 36.3. The zero-order chi connectivity index (χ0) is 59.5. The van der Waals surface area contributed by atoms with Crippen LogP contribution in [0.25, 0.3) is 11.3 Å². The van der Waals surface area contributed by atoms with Crippen LogP contribution in [0.3, 0.4) is 0 Å². The third kappa shape index (κ3) is 21.5. The van der Waals surface area contributed by atoms with Crippen LogP contribution in [0.2, 0.25) is 0 Å². The molecule has 0 bridgehead atoms. The molecule has 14 nitrogen and oxygen atoms in total. The van der Waals surface area contributed by atoms with Gasteiger partial charge in [-0.2, -0.15) is 39.5 Å². The normalized spacial score (nSPS) is 11.7. The van der Waals surface area contributed by atoms with Crippen LogP contribution in [0, 0.1) is 12.7 Å². The number of hydrogen-bond donors (Lipinski definition) is 1. The molecule has 0 atom stereocenters. The van der Waals surface area contributed by atoms with Crippen molar-refractivity contribution >= 4 is 67.2 Å². The Balaban J connectivity index is 0.000000282. The van der Waals surface area contributed by atoms with Crippen molar-refractivity contribution in [3.63, 3.8) is 0 Å². The highest BCUT2D eigenvalue weighted by Gasteiger charge is 2.32. The van der Waals surface area contributed by atoms with Gasteiger partial charge in [0, 0.05) is 98.1 Å². The van der Waals surface area contributed by atoms with Crippen molar-refractivity contribution < 1.29 is 69.2 Å². The molecule has 0 spiro atoms. The highest BCUT2D eigenvalue weighted by molar-refractivity contribution is 9.10. The molecule has 0 saturated carbocycles. The van der Waals surface area contributed by atoms with Crippen LogP contribution in [-0.4, -0.2) is 78.1 Å². The predicted octanol–water partition coefficient (Wildman–Crippen LogP) is 12.4. The van der Waals surface area contributed by atoms with Crippen LogP contribution >= 0.6 is 31.9 Å². The average molecular weight is 1320 g/mol. The van der Waals surface area contributed by atoms with Gasteiger partial charge in [-0.3, -0.25) is 9.97 Å². The Morgan fingerprint density at radius 3 is 1.27 bits per heavy atom. The van der Waals surface area contributed by atoms with Crippen LogP contribution in [0.5, 0.6) is 0 Å². The van der Waals surface area contributed by atoms with Gasteiger partial charge in [-0.15, -0.1) is 0 Å². The van der Waals surface area contributed by atoms with Crippen LogP contribution < -0.4 is 5.73 Å². The van der Waals surface area contributed by atoms with Gasteiger partial charge in [-0.25, -0.2) is 44.6 Å². The predicted molar refractivity (Wildman–Crippen MR) is 289 cm³/mol. The first-order valence-electron chi connectivity index (χ1n) is 22.0. The van der Waals surface area contributed by atoms with E-state index in [9.17, 15) is 69.2 Å². The van der Waals surface area contributed by atoms with Gasteiger partial charge in [0.1, 0.15) is 11.6 Å². The molecule has 2 N–H and O–H groups in total. The van der Waals surface area contributed by atoms with Gasteiger partial charge in [0.05, 0.1) is 59.9 Å². The monoisotopic (exact) mass is 1310 g/mol. The Hall–Kier alpha value is -6.56. The second kappa shape index (κ2) is 27.7. The summed E-state index contributed by atoms with van der Waals surface area (Å²) >= 11 is 6.14. The number of sulfone groups is 3. The van der Waals surface area contributed by atoms with Crippen LogP contribution in [0.1, 0.15) is 52.3 Å². The topological polar surface area (TPSA) is 203 Å². The Bertz CT molecular complexity index is 3730. The lowest BCUT2D eigenvalue weighted by Crippen LogP contribution is -2.07. The quantitative estimate of drug-likeness (QED) is 0.112. The van der Waals surface area contributed by atoms with Gasteiger partial charge in [0.25, 0.3) is 0 Å². The number of anilines is 1. The molecule has 3 aromatic carbocycles. The molecular formula is C51H50Br2F10N8O6S3. The summed E-state index contributed by atoms with van der Waals surface area (Å²) in [6.07, 6.45) is 0.601. The molecule has 0 unspecified atom stereocenters. The maximum Gasteiger partial charge on any atom is 0.416 e. The zero-order valence-electron chi connectivity index (χ0n) is 42.0. The van der Waals surface area contributed by atoms with E-state index in [1.165, 1.54) is 36.4 Å². The number of benzene rings is 3. The van der Waals surface area contributed by atoms with Crippen molar-refractivity contribution in [1.82, 2.24) is 34.1 Å². The van der Waals surface area contributed by atoms with Gasteiger partial charge in [0.15, 0.2) is 29.5 Å². The van der Waals surface area contributed by atoms with E-state index in [1.807, 2.05) is 24.7 Å². The standard InChI is InChI=1S/C18H16F3N3O2S.C14H11BrF3NO2S.C7H6BrFO2S.C6H5F3N2.C5H8N2.CH4/c1-24-10-17(23-11-24)16-9-15(27(2,25)26)4-3-12(16)7-14-8-13(5-6-22-14)18(19,20)21;1-22(20,21)12-3-2-9(13(15)8-12)6-11-7-10(4-5-19-11)14(16,17)18;1-12(10,11)5-2-3-7(9)6(8)4-5;7-6(8,9)4-1-2-11-5(10)3-4;1-5-3-7(2)4-6-5;/h3-6,8-11H,7H2,1-2H3;2-5,7-8H,6H2,1H3;2-4H,1H3;1-3H,(H2,10,11);3-4H,1-2H3;1H4. The Kier molecular flexibility index (Phi) is 23.5. The van der Waals surface area contributed by atoms with E-state index in [2.05, 4.69) is 56.8 Å². The maximum atomic E-state index is 12.9. The number of pyridine rings is 3. The lowest BCUT2D eigenvalue weighted by molar-refractivity contribution is -0.138. The molecule has 8 rings (SSSR count).